The van der Waals surface area contributed by atoms with Gasteiger partial charge in [0.25, 0.3) is 0 Å². The Bertz CT molecular complexity index is 438. The molecule has 0 aliphatic carbocycles. The van der Waals surface area contributed by atoms with Crippen molar-refractivity contribution in [3.63, 3.8) is 0 Å². The lowest BCUT2D eigenvalue weighted by Gasteiger charge is -2.16. The van der Waals surface area contributed by atoms with Crippen molar-refractivity contribution in [2.45, 2.75) is 6.42 Å². The van der Waals surface area contributed by atoms with Crippen LogP contribution in [-0.4, -0.2) is 66.9 Å². The molecule has 116 valence electrons. The van der Waals surface area contributed by atoms with Gasteiger partial charge in [-0.25, -0.2) is 4.79 Å². The summed E-state index contributed by atoms with van der Waals surface area (Å²) in [5.41, 5.74) is 0.931. The molecule has 0 radical (unpaired) electrons. The molecule has 0 spiro atoms. The Hall–Kier alpha value is -1.99. The van der Waals surface area contributed by atoms with E-state index in [4.69, 9.17) is 14.6 Å². The first-order valence-electron chi connectivity index (χ1n) is 6.60. The number of carboxylic acid groups (broad SMARTS) is 1. The highest BCUT2D eigenvalue weighted by atomic mass is 16.5. The zero-order valence-corrected chi connectivity index (χ0v) is 12.0. The summed E-state index contributed by atoms with van der Waals surface area (Å²) in [6.07, 6.45) is 2.40. The Morgan fingerprint density at radius 3 is 2.57 bits per heavy atom. The number of hydrogen-bond acceptors (Lipinski definition) is 5. The minimum absolute atomic E-state index is 0.0465. The molecule has 1 amide bonds. The second-order valence-electron chi connectivity index (χ2n) is 4.39. The minimum atomic E-state index is -1.03. The van der Waals surface area contributed by atoms with Crippen LogP contribution >= 0.6 is 0 Å². The Labute approximate surface area is 123 Å². The Morgan fingerprint density at radius 2 is 1.95 bits per heavy atom. The molecule has 0 aromatic carbocycles. The summed E-state index contributed by atoms with van der Waals surface area (Å²) >= 11 is 0. The van der Waals surface area contributed by atoms with Gasteiger partial charge in [-0.3, -0.25) is 9.78 Å². The van der Waals surface area contributed by atoms with E-state index in [1.165, 1.54) is 0 Å². The lowest BCUT2D eigenvalue weighted by molar-refractivity contribution is -0.143. The van der Waals surface area contributed by atoms with Gasteiger partial charge >= 0.3 is 5.97 Å². The van der Waals surface area contributed by atoms with E-state index in [0.29, 0.717) is 13.0 Å². The van der Waals surface area contributed by atoms with Crippen molar-refractivity contribution in [3.8, 4) is 0 Å². The Balaban J connectivity index is 2.09. The van der Waals surface area contributed by atoms with E-state index in [1.54, 1.807) is 18.1 Å². The first-order chi connectivity index (χ1) is 10.1. The molecule has 7 heteroatoms. The van der Waals surface area contributed by atoms with Gasteiger partial charge in [0, 0.05) is 31.9 Å². The van der Waals surface area contributed by atoms with Crippen molar-refractivity contribution in [1.29, 1.82) is 0 Å². The minimum Gasteiger partial charge on any atom is -0.480 e. The predicted octanol–water partition coefficient (Wildman–Crippen LogP) is 0.200. The van der Waals surface area contributed by atoms with Crippen LogP contribution in [0.25, 0.3) is 0 Å². The normalized spacial score (nSPS) is 10.3. The van der Waals surface area contributed by atoms with Gasteiger partial charge in [0.1, 0.15) is 13.2 Å². The molecule has 0 aliphatic heterocycles. The molecule has 7 nitrogen and oxygen atoms in total. The van der Waals surface area contributed by atoms with E-state index in [9.17, 15) is 9.59 Å². The molecule has 0 saturated heterocycles. The number of pyridine rings is 1. The maximum absolute atomic E-state index is 11.8. The molecule has 0 bridgehead atoms. The van der Waals surface area contributed by atoms with E-state index >= 15 is 0 Å². The molecule has 1 N–H and O–H groups in total. The number of carbonyl (C=O) groups excluding carboxylic acids is 1. The summed E-state index contributed by atoms with van der Waals surface area (Å²) in [5.74, 6) is -1.16. The molecule has 1 aromatic rings. The maximum Gasteiger partial charge on any atom is 0.329 e. The van der Waals surface area contributed by atoms with Crippen molar-refractivity contribution in [1.82, 2.24) is 9.88 Å². The molecular weight excluding hydrogens is 276 g/mol. The van der Waals surface area contributed by atoms with Crippen LogP contribution in [0.1, 0.15) is 5.69 Å². The smallest absolute Gasteiger partial charge is 0.329 e. The maximum atomic E-state index is 11.8. The van der Waals surface area contributed by atoms with Gasteiger partial charge in [-0.2, -0.15) is 0 Å². The number of likely N-dealkylation sites (N-methyl/N-ethyl adjacent to an activating group) is 1. The average Bonchev–Trinajstić information content (AvgIpc) is 2.48. The third kappa shape index (κ3) is 8.01. The Kier molecular flexibility index (Phi) is 8.00. The standard InChI is InChI=1S/C14H20N2O5/c1-16(7-5-12-4-2-3-6-15-12)13(17)10-20-8-9-21-11-14(18)19/h2-4,6H,5,7-11H2,1H3,(H,18,19). The van der Waals surface area contributed by atoms with Crippen molar-refractivity contribution in [3.05, 3.63) is 30.1 Å². The highest BCUT2D eigenvalue weighted by Crippen LogP contribution is 1.97. The summed E-state index contributed by atoms with van der Waals surface area (Å²) in [7, 11) is 1.70. The van der Waals surface area contributed by atoms with Gasteiger partial charge in [0.15, 0.2) is 0 Å². The molecule has 0 saturated carbocycles. The monoisotopic (exact) mass is 296 g/mol. The van der Waals surface area contributed by atoms with E-state index in [-0.39, 0.29) is 32.3 Å². The van der Waals surface area contributed by atoms with Crippen molar-refractivity contribution < 1.29 is 24.2 Å². The van der Waals surface area contributed by atoms with Crippen LogP contribution in [-0.2, 0) is 25.5 Å². The quantitative estimate of drug-likeness (QED) is 0.620. The van der Waals surface area contributed by atoms with Crippen LogP contribution in [0.4, 0.5) is 0 Å². The molecule has 21 heavy (non-hydrogen) atoms. The number of amides is 1. The molecule has 0 atom stereocenters. The van der Waals surface area contributed by atoms with Crippen LogP contribution in [0.15, 0.2) is 24.4 Å². The highest BCUT2D eigenvalue weighted by Gasteiger charge is 2.09. The number of rotatable bonds is 10. The SMILES string of the molecule is CN(CCc1ccccn1)C(=O)COCCOCC(=O)O. The number of aromatic nitrogens is 1. The number of carbonyl (C=O) groups is 2. The average molecular weight is 296 g/mol. The molecule has 0 aliphatic rings. The molecule has 0 fully saturated rings. The fourth-order valence-corrected chi connectivity index (χ4v) is 1.50. The molecule has 1 heterocycles. The van der Waals surface area contributed by atoms with Crippen LogP contribution in [0.2, 0.25) is 0 Å². The summed E-state index contributed by atoms with van der Waals surface area (Å²) in [4.78, 5) is 27.7. The van der Waals surface area contributed by atoms with Crippen LogP contribution in [0, 0.1) is 0 Å². The van der Waals surface area contributed by atoms with Crippen molar-refractivity contribution in [2.75, 3.05) is 40.0 Å². The van der Waals surface area contributed by atoms with Crippen molar-refractivity contribution >= 4 is 11.9 Å². The molecule has 0 unspecified atom stereocenters. The van der Waals surface area contributed by atoms with Gasteiger partial charge in [0.2, 0.25) is 5.91 Å². The lowest BCUT2D eigenvalue weighted by Crippen LogP contribution is -2.32. The fraction of sp³-hybridized carbons (Fsp3) is 0.500. The number of carboxylic acids is 1. The summed E-state index contributed by atoms with van der Waals surface area (Å²) in [6, 6.07) is 5.66. The second kappa shape index (κ2) is 9.84. The van der Waals surface area contributed by atoms with E-state index in [0.717, 1.165) is 5.69 Å². The van der Waals surface area contributed by atoms with E-state index in [1.807, 2.05) is 18.2 Å². The summed E-state index contributed by atoms with van der Waals surface area (Å²) in [5, 5.41) is 8.35. The Morgan fingerprint density at radius 1 is 1.24 bits per heavy atom. The van der Waals surface area contributed by atoms with Gasteiger partial charge in [-0.15, -0.1) is 0 Å². The molecule has 1 rings (SSSR count). The van der Waals surface area contributed by atoms with Crippen LogP contribution < -0.4 is 0 Å². The highest BCUT2D eigenvalue weighted by molar-refractivity contribution is 5.77. The number of aliphatic carboxylic acids is 1. The first kappa shape index (κ1) is 17.1. The van der Waals surface area contributed by atoms with E-state index in [2.05, 4.69) is 4.98 Å². The first-order valence-corrected chi connectivity index (χ1v) is 6.60. The summed E-state index contributed by atoms with van der Waals surface area (Å²) in [6.45, 7) is 0.496. The number of hydrogen-bond donors (Lipinski definition) is 1. The zero-order valence-electron chi connectivity index (χ0n) is 12.0. The summed E-state index contributed by atoms with van der Waals surface area (Å²) < 4.78 is 9.91. The third-order valence-electron chi connectivity index (χ3n) is 2.68. The molecule has 1 aromatic heterocycles. The third-order valence-corrected chi connectivity index (χ3v) is 2.68. The molecular formula is C14H20N2O5. The van der Waals surface area contributed by atoms with E-state index < -0.39 is 5.97 Å². The van der Waals surface area contributed by atoms with Gasteiger partial charge in [0.05, 0.1) is 13.2 Å². The largest absolute Gasteiger partial charge is 0.480 e. The second-order valence-corrected chi connectivity index (χ2v) is 4.39. The van der Waals surface area contributed by atoms with Crippen molar-refractivity contribution in [2.24, 2.45) is 0 Å². The lowest BCUT2D eigenvalue weighted by atomic mass is 10.2. The number of nitrogens with zero attached hydrogens (tertiary/aromatic N) is 2. The van der Waals surface area contributed by atoms with Crippen LogP contribution in [0.5, 0.6) is 0 Å². The zero-order chi connectivity index (χ0) is 15.5. The van der Waals surface area contributed by atoms with Gasteiger partial charge in [-0.05, 0) is 12.1 Å². The number of ether oxygens (including phenoxy) is 2. The predicted molar refractivity (Wildman–Crippen MR) is 74.9 cm³/mol. The topological polar surface area (TPSA) is 89.0 Å². The van der Waals surface area contributed by atoms with Gasteiger partial charge < -0.3 is 19.5 Å². The fourth-order valence-electron chi connectivity index (χ4n) is 1.50. The van der Waals surface area contributed by atoms with Crippen LogP contribution in [0.3, 0.4) is 0 Å². The van der Waals surface area contributed by atoms with Gasteiger partial charge in [-0.1, -0.05) is 6.07 Å².